The number of pyridine rings is 1. The number of esters is 1. The SMILES string of the molecule is COCCCOC(=O)Cc1ccc(F)cc1OC1CC2(CCCC2)c2ccc(-c3ccc4ccnc(N)c4c3)cc21. The molecule has 2 N–H and O–H groups in total. The zero-order valence-electron chi connectivity index (χ0n) is 23.3. The van der Waals surface area contributed by atoms with E-state index >= 15 is 0 Å². The van der Waals surface area contributed by atoms with Crippen molar-refractivity contribution in [2.45, 2.75) is 56.5 Å². The molecule has 0 amide bonds. The third-order valence-corrected chi connectivity index (χ3v) is 8.63. The van der Waals surface area contributed by atoms with Gasteiger partial charge in [0.2, 0.25) is 0 Å². The summed E-state index contributed by atoms with van der Waals surface area (Å²) in [5.74, 6) is 0.124. The molecule has 0 radical (unpaired) electrons. The summed E-state index contributed by atoms with van der Waals surface area (Å²) in [5, 5.41) is 1.97. The predicted octanol–water partition coefficient (Wildman–Crippen LogP) is 7.08. The average Bonchev–Trinajstić information content (AvgIpc) is 3.57. The lowest BCUT2D eigenvalue weighted by atomic mass is 9.80. The normalized spacial score (nSPS) is 17.2. The Balaban J connectivity index is 1.32. The summed E-state index contributed by atoms with van der Waals surface area (Å²) in [7, 11) is 1.61. The topological polar surface area (TPSA) is 83.7 Å². The molecule has 212 valence electrons. The zero-order chi connectivity index (χ0) is 28.4. The van der Waals surface area contributed by atoms with Crippen LogP contribution in [0, 0.1) is 5.82 Å². The first-order chi connectivity index (χ1) is 20.0. The van der Waals surface area contributed by atoms with Gasteiger partial charge in [0.25, 0.3) is 0 Å². The van der Waals surface area contributed by atoms with Crippen molar-refractivity contribution in [1.29, 1.82) is 0 Å². The summed E-state index contributed by atoms with van der Waals surface area (Å²) in [4.78, 5) is 16.8. The molecule has 2 aliphatic rings. The number of ether oxygens (including phenoxy) is 3. The number of nitrogens with zero attached hydrogens (tertiary/aromatic N) is 1. The first-order valence-electron chi connectivity index (χ1n) is 14.3. The second-order valence-electron chi connectivity index (χ2n) is 11.2. The Labute approximate surface area is 239 Å². The minimum atomic E-state index is -0.401. The van der Waals surface area contributed by atoms with E-state index in [1.165, 1.54) is 30.5 Å². The van der Waals surface area contributed by atoms with E-state index in [0.717, 1.165) is 46.7 Å². The Morgan fingerprint density at radius 2 is 1.83 bits per heavy atom. The van der Waals surface area contributed by atoms with Crippen LogP contribution in [-0.2, 0) is 26.1 Å². The zero-order valence-corrected chi connectivity index (χ0v) is 23.3. The standard InChI is InChI=1S/C34H35FN2O4/c1-39-15-4-16-40-32(38)19-25-7-9-26(35)20-30(25)41-31-21-34(12-2-3-13-34)29-10-8-24(18-28(29)31)23-6-5-22-11-14-37-33(36)27(22)17-23/h5-11,14,17-18,20,31H,2-4,12-13,15-16,19,21H2,1H3,(H2,36,37). The smallest absolute Gasteiger partial charge is 0.310 e. The Morgan fingerprint density at radius 1 is 1.02 bits per heavy atom. The minimum Gasteiger partial charge on any atom is -0.485 e. The lowest BCUT2D eigenvalue weighted by molar-refractivity contribution is -0.143. The Kier molecular flexibility index (Phi) is 7.63. The van der Waals surface area contributed by atoms with E-state index in [-0.39, 0.29) is 30.5 Å². The van der Waals surface area contributed by atoms with E-state index < -0.39 is 5.82 Å². The van der Waals surface area contributed by atoms with Crippen LogP contribution in [0.5, 0.6) is 5.75 Å². The van der Waals surface area contributed by atoms with Crippen LogP contribution in [0.1, 0.15) is 61.3 Å². The summed E-state index contributed by atoms with van der Waals surface area (Å²) < 4.78 is 31.5. The molecule has 1 unspecified atom stereocenters. The fraction of sp³-hybridized carbons (Fsp3) is 0.353. The van der Waals surface area contributed by atoms with Gasteiger partial charge >= 0.3 is 5.97 Å². The van der Waals surface area contributed by atoms with Gasteiger partial charge in [-0.2, -0.15) is 0 Å². The number of hydrogen-bond donors (Lipinski definition) is 1. The van der Waals surface area contributed by atoms with Crippen molar-refractivity contribution >= 4 is 22.6 Å². The molecule has 1 aromatic heterocycles. The molecule has 7 heteroatoms. The summed E-state index contributed by atoms with van der Waals surface area (Å²) in [6, 6.07) is 19.2. The molecule has 41 heavy (non-hydrogen) atoms. The summed E-state index contributed by atoms with van der Waals surface area (Å²) in [6.07, 6.45) is 7.53. The van der Waals surface area contributed by atoms with E-state index in [9.17, 15) is 9.18 Å². The highest BCUT2D eigenvalue weighted by atomic mass is 19.1. The maximum atomic E-state index is 14.5. The number of carbonyl (C=O) groups is 1. The van der Waals surface area contributed by atoms with Gasteiger partial charge in [0, 0.05) is 43.4 Å². The molecule has 2 aliphatic carbocycles. The van der Waals surface area contributed by atoms with Gasteiger partial charge in [-0.3, -0.25) is 4.79 Å². The van der Waals surface area contributed by atoms with Crippen LogP contribution in [0.4, 0.5) is 10.2 Å². The summed E-state index contributed by atoms with van der Waals surface area (Å²) in [6.45, 7) is 0.800. The monoisotopic (exact) mass is 554 g/mol. The Hall–Kier alpha value is -3.97. The van der Waals surface area contributed by atoms with Crippen molar-refractivity contribution < 1.29 is 23.4 Å². The largest absolute Gasteiger partial charge is 0.485 e. The Bertz CT molecular complexity index is 1580. The lowest BCUT2D eigenvalue weighted by Gasteiger charge is -2.25. The van der Waals surface area contributed by atoms with Crippen molar-refractivity contribution in [2.24, 2.45) is 0 Å². The van der Waals surface area contributed by atoms with Gasteiger partial charge in [-0.25, -0.2) is 9.37 Å². The third kappa shape index (κ3) is 5.51. The van der Waals surface area contributed by atoms with Gasteiger partial charge in [-0.1, -0.05) is 43.2 Å². The van der Waals surface area contributed by atoms with Crippen molar-refractivity contribution in [1.82, 2.24) is 4.98 Å². The molecule has 1 heterocycles. The molecule has 1 spiro atoms. The molecule has 0 saturated heterocycles. The molecule has 1 saturated carbocycles. The van der Waals surface area contributed by atoms with Crippen LogP contribution < -0.4 is 10.5 Å². The maximum Gasteiger partial charge on any atom is 0.310 e. The molecule has 6 rings (SSSR count). The second-order valence-corrected chi connectivity index (χ2v) is 11.2. The minimum absolute atomic E-state index is 0.0138. The summed E-state index contributed by atoms with van der Waals surface area (Å²) in [5.41, 5.74) is 11.4. The highest BCUT2D eigenvalue weighted by molar-refractivity contribution is 5.94. The molecule has 6 nitrogen and oxygen atoms in total. The molecule has 1 atom stereocenters. The molecule has 3 aromatic carbocycles. The number of carbonyl (C=O) groups excluding carboxylic acids is 1. The van der Waals surface area contributed by atoms with Crippen LogP contribution >= 0.6 is 0 Å². The van der Waals surface area contributed by atoms with Crippen LogP contribution in [0.15, 0.2) is 66.9 Å². The number of halogens is 1. The number of methoxy groups -OCH3 is 1. The van der Waals surface area contributed by atoms with E-state index in [1.54, 1.807) is 19.4 Å². The number of nitrogen functional groups attached to an aromatic ring is 1. The number of anilines is 1. The number of benzene rings is 3. The van der Waals surface area contributed by atoms with Gasteiger partial charge in [-0.15, -0.1) is 0 Å². The van der Waals surface area contributed by atoms with E-state index in [0.29, 0.717) is 30.2 Å². The average molecular weight is 555 g/mol. The molecule has 4 aromatic rings. The van der Waals surface area contributed by atoms with Crippen LogP contribution in [0.2, 0.25) is 0 Å². The van der Waals surface area contributed by atoms with Gasteiger partial charge in [0.1, 0.15) is 23.5 Å². The quantitative estimate of drug-likeness (QED) is 0.176. The van der Waals surface area contributed by atoms with Crippen molar-refractivity contribution in [3.63, 3.8) is 0 Å². The van der Waals surface area contributed by atoms with Crippen LogP contribution in [0.3, 0.4) is 0 Å². The number of nitrogens with two attached hydrogens (primary N) is 1. The van der Waals surface area contributed by atoms with Crippen molar-refractivity contribution in [3.05, 3.63) is 89.4 Å². The van der Waals surface area contributed by atoms with Crippen molar-refractivity contribution in [3.8, 4) is 16.9 Å². The highest BCUT2D eigenvalue weighted by Gasteiger charge is 2.46. The van der Waals surface area contributed by atoms with Gasteiger partial charge < -0.3 is 19.9 Å². The number of fused-ring (bicyclic) bond motifs is 3. The number of rotatable bonds is 9. The lowest BCUT2D eigenvalue weighted by Crippen LogP contribution is -2.19. The number of hydrogen-bond acceptors (Lipinski definition) is 6. The van der Waals surface area contributed by atoms with Gasteiger partial charge in [0.05, 0.1) is 13.0 Å². The van der Waals surface area contributed by atoms with Gasteiger partial charge in [-0.05, 0) is 76.6 Å². The summed E-state index contributed by atoms with van der Waals surface area (Å²) >= 11 is 0. The first kappa shape index (κ1) is 27.2. The van der Waals surface area contributed by atoms with E-state index in [1.807, 2.05) is 6.07 Å². The highest BCUT2D eigenvalue weighted by Crippen LogP contribution is 2.55. The third-order valence-electron chi connectivity index (χ3n) is 8.63. The fourth-order valence-corrected chi connectivity index (χ4v) is 6.60. The van der Waals surface area contributed by atoms with Crippen LogP contribution in [0.25, 0.3) is 21.9 Å². The fourth-order valence-electron chi connectivity index (χ4n) is 6.60. The van der Waals surface area contributed by atoms with Crippen LogP contribution in [-0.4, -0.2) is 31.3 Å². The van der Waals surface area contributed by atoms with Gasteiger partial charge in [0.15, 0.2) is 0 Å². The van der Waals surface area contributed by atoms with E-state index in [2.05, 4.69) is 41.4 Å². The second kappa shape index (κ2) is 11.5. The molecular formula is C34H35FN2O4. The molecule has 1 fully saturated rings. The van der Waals surface area contributed by atoms with E-state index in [4.69, 9.17) is 19.9 Å². The predicted molar refractivity (Wildman–Crippen MR) is 157 cm³/mol. The number of aromatic nitrogens is 1. The molecule has 0 aliphatic heterocycles. The molecular weight excluding hydrogens is 519 g/mol. The Morgan fingerprint density at radius 3 is 2.66 bits per heavy atom. The molecule has 0 bridgehead atoms. The maximum absolute atomic E-state index is 14.5. The van der Waals surface area contributed by atoms with Crippen molar-refractivity contribution in [2.75, 3.05) is 26.1 Å². The first-order valence-corrected chi connectivity index (χ1v) is 14.3.